The molecule has 1 aliphatic rings. The van der Waals surface area contributed by atoms with Crippen molar-refractivity contribution < 1.29 is 27.8 Å². The number of sulfonamides is 1. The first-order chi connectivity index (χ1) is 12.4. The molecule has 1 fully saturated rings. The van der Waals surface area contributed by atoms with Gasteiger partial charge in [0.2, 0.25) is 15.9 Å². The number of likely N-dealkylation sites (N-methyl/N-ethyl adjacent to an activating group) is 1. The van der Waals surface area contributed by atoms with Crippen LogP contribution in [0.15, 0.2) is 17.2 Å². The Morgan fingerprint density at radius 2 is 1.89 bits per heavy atom. The van der Waals surface area contributed by atoms with Crippen LogP contribution in [-0.2, 0) is 14.8 Å². The number of ether oxygens (including phenoxy) is 2. The molecule has 0 amide bonds. The van der Waals surface area contributed by atoms with E-state index in [0.717, 1.165) is 18.8 Å². The summed E-state index contributed by atoms with van der Waals surface area (Å²) in [6, 6.07) is 1.10. The number of rotatable bonds is 9. The first-order valence-electron chi connectivity index (χ1n) is 8.56. The molecule has 1 N–H and O–H groups in total. The van der Waals surface area contributed by atoms with Gasteiger partial charge in [0.15, 0.2) is 0 Å². The lowest BCUT2D eigenvalue weighted by Gasteiger charge is -2.33. The van der Waals surface area contributed by atoms with Gasteiger partial charge in [0.25, 0.3) is 0 Å². The molecule has 1 aromatic rings. The van der Waals surface area contributed by atoms with E-state index in [0.29, 0.717) is 39.4 Å². The minimum atomic E-state index is -3.79. The van der Waals surface area contributed by atoms with Gasteiger partial charge in [0.05, 0.1) is 12.8 Å². The molecule has 27 heavy (non-hydrogen) atoms. The van der Waals surface area contributed by atoms with Crippen LogP contribution in [0.2, 0.25) is 0 Å². The number of piperazine rings is 1. The van der Waals surface area contributed by atoms with Gasteiger partial charge in [-0.05, 0) is 19.5 Å². The minimum Gasteiger partial charge on any atom is -0.477 e. The quantitative estimate of drug-likeness (QED) is 0.584. The largest absolute Gasteiger partial charge is 0.477 e. The van der Waals surface area contributed by atoms with Crippen molar-refractivity contribution >= 4 is 28.4 Å². The number of carboxylic acid groups (broad SMARTS) is 1. The molecule has 154 valence electrons. The van der Waals surface area contributed by atoms with Gasteiger partial charge in [-0.25, -0.2) is 18.2 Å². The molecule has 0 atom stereocenters. The van der Waals surface area contributed by atoms with E-state index in [4.69, 9.17) is 9.47 Å². The third kappa shape index (κ3) is 6.01. The summed E-state index contributed by atoms with van der Waals surface area (Å²) in [4.78, 5) is 17.4. The van der Waals surface area contributed by atoms with Crippen LogP contribution in [0.25, 0.3) is 0 Å². The van der Waals surface area contributed by atoms with E-state index < -0.39 is 16.0 Å². The second-order valence-corrected chi connectivity index (χ2v) is 7.65. The molecule has 11 heteroatoms. The van der Waals surface area contributed by atoms with E-state index in [1.54, 1.807) is 0 Å². The second-order valence-electron chi connectivity index (χ2n) is 5.71. The molecule has 2 rings (SSSR count). The maximum absolute atomic E-state index is 12.8. The molecular weight excluding hydrogens is 398 g/mol. The Kier molecular flexibility index (Phi) is 9.40. The normalized spacial score (nSPS) is 15.9. The number of aromatic nitrogens is 1. The number of nitrogens with zero attached hydrogens (tertiary/aromatic N) is 3. The van der Waals surface area contributed by atoms with Crippen LogP contribution in [0, 0.1) is 0 Å². The van der Waals surface area contributed by atoms with Crippen LogP contribution >= 0.6 is 12.4 Å². The van der Waals surface area contributed by atoms with Crippen LogP contribution in [0.1, 0.15) is 24.2 Å². The first kappa shape index (κ1) is 23.6. The zero-order valence-electron chi connectivity index (χ0n) is 15.5. The third-order valence-electron chi connectivity index (χ3n) is 4.14. The molecule has 0 radical (unpaired) electrons. The van der Waals surface area contributed by atoms with E-state index in [9.17, 15) is 18.3 Å². The fourth-order valence-corrected chi connectivity index (χ4v) is 4.01. The van der Waals surface area contributed by atoms with Crippen LogP contribution < -0.4 is 4.74 Å². The highest BCUT2D eigenvalue weighted by atomic mass is 35.5. The lowest BCUT2D eigenvalue weighted by molar-refractivity contribution is 0.0684. The monoisotopic (exact) mass is 423 g/mol. The van der Waals surface area contributed by atoms with E-state index in [1.165, 1.54) is 4.31 Å². The number of aromatic carboxylic acids is 1. The van der Waals surface area contributed by atoms with Crippen LogP contribution in [0.3, 0.4) is 0 Å². The highest BCUT2D eigenvalue weighted by Crippen LogP contribution is 2.23. The molecule has 0 aromatic carbocycles. The number of hydrogen-bond acceptors (Lipinski definition) is 7. The van der Waals surface area contributed by atoms with E-state index in [1.807, 2.05) is 13.8 Å². The average molecular weight is 424 g/mol. The zero-order valence-corrected chi connectivity index (χ0v) is 17.1. The average Bonchev–Trinajstić information content (AvgIpc) is 2.65. The number of halogens is 1. The summed E-state index contributed by atoms with van der Waals surface area (Å²) in [5.41, 5.74) is -0.283. The van der Waals surface area contributed by atoms with Gasteiger partial charge in [0.1, 0.15) is 17.1 Å². The summed E-state index contributed by atoms with van der Waals surface area (Å²) in [6.45, 7) is 7.69. The van der Waals surface area contributed by atoms with Crippen molar-refractivity contribution in [1.29, 1.82) is 0 Å². The van der Waals surface area contributed by atoms with Crippen LogP contribution in [-0.4, -0.2) is 86.2 Å². The zero-order chi connectivity index (χ0) is 19.2. The summed E-state index contributed by atoms with van der Waals surface area (Å²) in [6.07, 6.45) is 1.14. The lowest BCUT2D eigenvalue weighted by Crippen LogP contribution is -2.48. The Balaban J connectivity index is 0.00000364. The summed E-state index contributed by atoms with van der Waals surface area (Å²) >= 11 is 0. The van der Waals surface area contributed by atoms with Crippen molar-refractivity contribution in [2.24, 2.45) is 0 Å². The van der Waals surface area contributed by atoms with Crippen LogP contribution in [0.5, 0.6) is 5.88 Å². The van der Waals surface area contributed by atoms with E-state index in [2.05, 4.69) is 9.88 Å². The Labute approximate surface area is 165 Å². The van der Waals surface area contributed by atoms with E-state index >= 15 is 0 Å². The van der Waals surface area contributed by atoms with Crippen molar-refractivity contribution in [3.05, 3.63) is 17.8 Å². The van der Waals surface area contributed by atoms with Crippen LogP contribution in [0.4, 0.5) is 0 Å². The number of hydrogen-bond donors (Lipinski definition) is 1. The summed E-state index contributed by atoms with van der Waals surface area (Å²) in [7, 11) is -3.79. The third-order valence-corrected chi connectivity index (χ3v) is 6.01. The summed E-state index contributed by atoms with van der Waals surface area (Å²) < 4.78 is 37.4. The molecular formula is C16H26ClN3O6S. The topological polar surface area (TPSA) is 109 Å². The van der Waals surface area contributed by atoms with Crippen molar-refractivity contribution in [3.63, 3.8) is 0 Å². The highest BCUT2D eigenvalue weighted by molar-refractivity contribution is 7.89. The summed E-state index contributed by atoms with van der Waals surface area (Å²) in [5.74, 6) is -1.41. The maximum Gasteiger partial charge on any atom is 0.341 e. The van der Waals surface area contributed by atoms with Crippen molar-refractivity contribution in [3.8, 4) is 5.88 Å². The second kappa shape index (κ2) is 10.8. The number of carboxylic acids is 1. The highest BCUT2D eigenvalue weighted by Gasteiger charge is 2.30. The SMILES string of the molecule is CCOCCOc1ncc(S(=O)(=O)N2CCN(CC)CC2)cc1C(=O)O.Cl. The van der Waals surface area contributed by atoms with Crippen molar-refractivity contribution in [1.82, 2.24) is 14.2 Å². The first-order valence-corrected chi connectivity index (χ1v) is 10.0. The molecule has 1 aliphatic heterocycles. The Bertz CT molecular complexity index is 723. The van der Waals surface area contributed by atoms with Gasteiger partial charge in [-0.3, -0.25) is 0 Å². The fraction of sp³-hybridized carbons (Fsp3) is 0.625. The fourth-order valence-electron chi connectivity index (χ4n) is 2.62. The predicted octanol–water partition coefficient (Wildman–Crippen LogP) is 0.943. The molecule has 0 saturated carbocycles. The lowest BCUT2D eigenvalue weighted by atomic mass is 10.3. The molecule has 0 unspecified atom stereocenters. The predicted molar refractivity (Wildman–Crippen MR) is 101 cm³/mol. The Hall–Kier alpha value is -1.46. The van der Waals surface area contributed by atoms with Gasteiger partial charge >= 0.3 is 5.97 Å². The van der Waals surface area contributed by atoms with Gasteiger partial charge in [0, 0.05) is 32.8 Å². The molecule has 0 aliphatic carbocycles. The Morgan fingerprint density at radius 1 is 1.22 bits per heavy atom. The van der Waals surface area contributed by atoms with Gasteiger partial charge in [-0.2, -0.15) is 4.31 Å². The maximum atomic E-state index is 12.8. The number of pyridine rings is 1. The summed E-state index contributed by atoms with van der Waals surface area (Å²) in [5, 5.41) is 9.37. The molecule has 1 saturated heterocycles. The van der Waals surface area contributed by atoms with Crippen molar-refractivity contribution in [2.45, 2.75) is 18.7 Å². The smallest absolute Gasteiger partial charge is 0.341 e. The number of carbonyl (C=O) groups is 1. The molecule has 0 bridgehead atoms. The standard InChI is InChI=1S/C16H25N3O6S.ClH/c1-3-18-5-7-19(8-6-18)26(22,23)13-11-14(16(20)21)15(17-12-13)25-10-9-24-4-2;/h11-12H,3-10H2,1-2H3,(H,20,21);1H. The molecule has 1 aromatic heterocycles. The molecule has 0 spiro atoms. The molecule has 9 nitrogen and oxygen atoms in total. The van der Waals surface area contributed by atoms with Crippen molar-refractivity contribution in [2.75, 3.05) is 52.5 Å². The van der Waals surface area contributed by atoms with Gasteiger partial charge < -0.3 is 19.5 Å². The van der Waals surface area contributed by atoms with Gasteiger partial charge in [-0.15, -0.1) is 12.4 Å². The minimum absolute atomic E-state index is 0. The van der Waals surface area contributed by atoms with Gasteiger partial charge in [-0.1, -0.05) is 6.92 Å². The van der Waals surface area contributed by atoms with E-state index in [-0.39, 0.29) is 35.4 Å². The Morgan fingerprint density at radius 3 is 2.44 bits per heavy atom. The molecule has 2 heterocycles.